The first-order valence-corrected chi connectivity index (χ1v) is 6.90. The van der Waals surface area contributed by atoms with Gasteiger partial charge in [0, 0.05) is 24.6 Å². The average Bonchev–Trinajstić information content (AvgIpc) is 3.01. The van der Waals surface area contributed by atoms with Gasteiger partial charge in [0.05, 0.1) is 12.8 Å². The highest BCUT2D eigenvalue weighted by molar-refractivity contribution is 7.10. The Morgan fingerprint density at radius 2 is 2.28 bits per heavy atom. The number of nitrogens with one attached hydrogen (secondary N) is 1. The zero-order valence-electron chi connectivity index (χ0n) is 10.7. The summed E-state index contributed by atoms with van der Waals surface area (Å²) in [6, 6.07) is 3.91. The van der Waals surface area contributed by atoms with E-state index in [9.17, 15) is 0 Å². The van der Waals surface area contributed by atoms with Crippen LogP contribution in [-0.2, 0) is 13.1 Å². The van der Waals surface area contributed by atoms with E-state index in [1.807, 2.05) is 12.1 Å². The zero-order valence-corrected chi connectivity index (χ0v) is 11.5. The van der Waals surface area contributed by atoms with Crippen LogP contribution in [0.2, 0.25) is 0 Å². The van der Waals surface area contributed by atoms with Crippen molar-refractivity contribution in [3.05, 3.63) is 29.9 Å². The molecule has 0 saturated carbocycles. The largest absolute Gasteiger partial charge is 0.468 e. The number of furan rings is 1. The van der Waals surface area contributed by atoms with Crippen LogP contribution in [0.25, 0.3) is 0 Å². The van der Waals surface area contributed by atoms with E-state index in [0.29, 0.717) is 0 Å². The summed E-state index contributed by atoms with van der Waals surface area (Å²) in [6.07, 6.45) is 1.71. The Hall–Kier alpha value is -1.40. The first kappa shape index (κ1) is 13.0. The molecule has 0 amide bonds. The third kappa shape index (κ3) is 3.30. The first-order chi connectivity index (χ1) is 8.83. The fourth-order valence-corrected chi connectivity index (χ4v) is 2.36. The molecule has 0 aliphatic carbocycles. The lowest BCUT2D eigenvalue weighted by atomic mass is 10.3. The summed E-state index contributed by atoms with van der Waals surface area (Å²) < 4.78 is 9.38. The molecular weight excluding hydrogens is 248 g/mol. The Morgan fingerprint density at radius 1 is 1.39 bits per heavy atom. The minimum Gasteiger partial charge on any atom is -0.468 e. The van der Waals surface area contributed by atoms with Gasteiger partial charge in [-0.1, -0.05) is 11.4 Å². The van der Waals surface area contributed by atoms with Crippen molar-refractivity contribution >= 4 is 16.5 Å². The lowest BCUT2D eigenvalue weighted by Crippen LogP contribution is -2.22. The van der Waals surface area contributed by atoms with E-state index in [4.69, 9.17) is 4.42 Å². The van der Waals surface area contributed by atoms with Gasteiger partial charge in [0.15, 0.2) is 0 Å². The van der Waals surface area contributed by atoms with E-state index in [1.165, 1.54) is 11.5 Å². The fraction of sp³-hybridized carbons (Fsp3) is 0.500. The second-order valence-corrected chi connectivity index (χ2v) is 4.72. The molecule has 18 heavy (non-hydrogen) atoms. The van der Waals surface area contributed by atoms with E-state index in [1.54, 1.807) is 6.26 Å². The monoisotopic (exact) mass is 266 g/mol. The van der Waals surface area contributed by atoms with Crippen molar-refractivity contribution < 1.29 is 4.42 Å². The Kier molecular flexibility index (Phi) is 4.72. The molecule has 5 nitrogen and oxygen atoms in total. The summed E-state index contributed by atoms with van der Waals surface area (Å²) in [5, 5.41) is 8.54. The fourth-order valence-electron chi connectivity index (χ4n) is 1.72. The summed E-state index contributed by atoms with van der Waals surface area (Å²) in [7, 11) is 0. The van der Waals surface area contributed by atoms with Gasteiger partial charge in [0.2, 0.25) is 0 Å². The second kappa shape index (κ2) is 6.51. The van der Waals surface area contributed by atoms with Gasteiger partial charge in [-0.15, -0.1) is 5.10 Å². The lowest BCUT2D eigenvalue weighted by molar-refractivity contribution is 0.245. The highest BCUT2D eigenvalue weighted by Gasteiger charge is 2.12. The Morgan fingerprint density at radius 3 is 2.94 bits per heavy atom. The van der Waals surface area contributed by atoms with Crippen molar-refractivity contribution in [3.8, 4) is 0 Å². The lowest BCUT2D eigenvalue weighted by Gasteiger charge is -2.18. The predicted molar refractivity (Wildman–Crippen MR) is 72.6 cm³/mol. The highest BCUT2D eigenvalue weighted by Crippen LogP contribution is 2.19. The molecule has 2 aromatic heterocycles. The highest BCUT2D eigenvalue weighted by atomic mass is 32.1. The number of hydrogen-bond donors (Lipinski definition) is 1. The molecule has 0 aromatic carbocycles. The van der Waals surface area contributed by atoms with Crippen LogP contribution < -0.4 is 5.32 Å². The second-order valence-electron chi connectivity index (χ2n) is 3.96. The van der Waals surface area contributed by atoms with Gasteiger partial charge >= 0.3 is 0 Å². The van der Waals surface area contributed by atoms with E-state index < -0.39 is 0 Å². The van der Waals surface area contributed by atoms with E-state index in [-0.39, 0.29) is 0 Å². The van der Waals surface area contributed by atoms with E-state index in [0.717, 1.165) is 42.6 Å². The quantitative estimate of drug-likeness (QED) is 0.834. The minimum atomic E-state index is 0.788. The van der Waals surface area contributed by atoms with Crippen LogP contribution in [0.3, 0.4) is 0 Å². The van der Waals surface area contributed by atoms with E-state index >= 15 is 0 Å². The van der Waals surface area contributed by atoms with Crippen molar-refractivity contribution in [1.29, 1.82) is 0 Å². The maximum Gasteiger partial charge on any atom is 0.134 e. The maximum atomic E-state index is 5.37. The third-order valence-corrected chi connectivity index (χ3v) is 3.40. The SMILES string of the molecule is CCNc1snnc1CN(CC)Cc1ccco1. The molecule has 0 saturated heterocycles. The van der Waals surface area contributed by atoms with Crippen molar-refractivity contribution in [2.75, 3.05) is 18.4 Å². The molecule has 98 valence electrons. The Bertz CT molecular complexity index is 454. The normalized spacial score (nSPS) is 11.1. The number of anilines is 1. The summed E-state index contributed by atoms with van der Waals surface area (Å²) in [5.41, 5.74) is 1.01. The first-order valence-electron chi connectivity index (χ1n) is 6.13. The van der Waals surface area contributed by atoms with Crippen LogP contribution in [0, 0.1) is 0 Å². The zero-order chi connectivity index (χ0) is 12.8. The number of nitrogens with zero attached hydrogens (tertiary/aromatic N) is 3. The van der Waals surface area contributed by atoms with Crippen LogP contribution in [0.5, 0.6) is 0 Å². The Labute approximate surface area is 111 Å². The molecule has 0 aliphatic rings. The molecule has 0 bridgehead atoms. The molecule has 6 heteroatoms. The molecule has 0 radical (unpaired) electrons. The van der Waals surface area contributed by atoms with Crippen LogP contribution in [0.4, 0.5) is 5.00 Å². The molecule has 0 aliphatic heterocycles. The molecule has 0 unspecified atom stereocenters. The van der Waals surface area contributed by atoms with Crippen molar-refractivity contribution in [3.63, 3.8) is 0 Å². The van der Waals surface area contributed by atoms with Gasteiger partial charge in [-0.25, -0.2) is 0 Å². The van der Waals surface area contributed by atoms with Crippen LogP contribution in [-0.4, -0.2) is 27.6 Å². The van der Waals surface area contributed by atoms with Crippen molar-refractivity contribution in [2.45, 2.75) is 26.9 Å². The minimum absolute atomic E-state index is 0.788. The topological polar surface area (TPSA) is 54.2 Å². The number of hydrogen-bond acceptors (Lipinski definition) is 6. The maximum absolute atomic E-state index is 5.37. The standard InChI is InChI=1S/C12H18N4OS/c1-3-13-12-11(14-15-18-12)9-16(4-2)8-10-6-5-7-17-10/h5-7,13H,3-4,8-9H2,1-2H3. The van der Waals surface area contributed by atoms with Crippen molar-refractivity contribution in [1.82, 2.24) is 14.5 Å². The molecular formula is C12H18N4OS. The molecule has 2 aromatic rings. The molecule has 0 spiro atoms. The molecule has 2 heterocycles. The predicted octanol–water partition coefficient (Wildman–Crippen LogP) is 2.59. The summed E-state index contributed by atoms with van der Waals surface area (Å²) >= 11 is 1.41. The third-order valence-electron chi connectivity index (χ3n) is 2.67. The molecule has 2 rings (SSSR count). The van der Waals surface area contributed by atoms with E-state index in [2.05, 4.69) is 33.7 Å². The van der Waals surface area contributed by atoms with Gasteiger partial charge in [-0.2, -0.15) is 0 Å². The van der Waals surface area contributed by atoms with Gasteiger partial charge in [-0.3, -0.25) is 4.90 Å². The molecule has 0 fully saturated rings. The summed E-state index contributed by atoms with van der Waals surface area (Å²) in [4.78, 5) is 2.27. The van der Waals surface area contributed by atoms with Crippen LogP contribution in [0.15, 0.2) is 22.8 Å². The van der Waals surface area contributed by atoms with Gasteiger partial charge in [-0.05, 0) is 25.6 Å². The average molecular weight is 266 g/mol. The Balaban J connectivity index is 1.99. The van der Waals surface area contributed by atoms with Gasteiger partial charge in [0.1, 0.15) is 16.5 Å². The number of aromatic nitrogens is 2. The van der Waals surface area contributed by atoms with Crippen LogP contribution in [0.1, 0.15) is 25.3 Å². The molecule has 1 N–H and O–H groups in total. The number of rotatable bonds is 7. The van der Waals surface area contributed by atoms with Crippen molar-refractivity contribution in [2.24, 2.45) is 0 Å². The van der Waals surface area contributed by atoms with Gasteiger partial charge in [0.25, 0.3) is 0 Å². The summed E-state index contributed by atoms with van der Waals surface area (Å²) in [5.74, 6) is 0.977. The molecule has 0 atom stereocenters. The van der Waals surface area contributed by atoms with Gasteiger partial charge < -0.3 is 9.73 Å². The smallest absolute Gasteiger partial charge is 0.134 e. The summed E-state index contributed by atoms with van der Waals surface area (Å²) in [6.45, 7) is 7.63. The van der Waals surface area contributed by atoms with Crippen LogP contribution >= 0.6 is 11.5 Å².